The predicted octanol–water partition coefficient (Wildman–Crippen LogP) is 1.23. The number of carbonyl (C=O) groups excluding carboxylic acids is 1. The fourth-order valence-electron chi connectivity index (χ4n) is 1.32. The lowest BCUT2D eigenvalue weighted by Crippen LogP contribution is -2.16. The normalized spacial score (nSPS) is 9.74. The number of para-hydroxylation sites is 1. The lowest BCUT2D eigenvalue weighted by Gasteiger charge is -2.08. The summed E-state index contributed by atoms with van der Waals surface area (Å²) < 4.78 is 9.49. The summed E-state index contributed by atoms with van der Waals surface area (Å²) in [6, 6.07) is 3.46. The van der Waals surface area contributed by atoms with Gasteiger partial charge >= 0.3 is 17.6 Å². The predicted molar refractivity (Wildman–Crippen MR) is 62.2 cm³/mol. The molecule has 8 nitrogen and oxygen atoms in total. The zero-order chi connectivity index (χ0) is 14.4. The molecular formula is C11H11NO7. The van der Waals surface area contributed by atoms with Crippen molar-refractivity contribution in [3.8, 4) is 5.75 Å². The van der Waals surface area contributed by atoms with Gasteiger partial charge in [0.1, 0.15) is 5.56 Å². The first-order chi connectivity index (χ1) is 8.97. The van der Waals surface area contributed by atoms with Crippen molar-refractivity contribution in [2.24, 2.45) is 0 Å². The van der Waals surface area contributed by atoms with E-state index in [4.69, 9.17) is 9.84 Å². The Bertz CT molecular complexity index is 480. The van der Waals surface area contributed by atoms with Gasteiger partial charge in [0.05, 0.1) is 11.5 Å². The third-order valence-corrected chi connectivity index (χ3v) is 2.06. The molecule has 0 spiro atoms. The SMILES string of the molecule is CCOC(=O)COc1c(C(=O)O)cccc1[N+](=O)[O-]. The number of hydrogen-bond donors (Lipinski definition) is 1. The van der Waals surface area contributed by atoms with Gasteiger partial charge in [0.25, 0.3) is 0 Å². The van der Waals surface area contributed by atoms with Crippen LogP contribution >= 0.6 is 0 Å². The fraction of sp³-hybridized carbons (Fsp3) is 0.273. The Labute approximate surface area is 107 Å². The molecule has 0 aromatic heterocycles. The number of hydrogen-bond acceptors (Lipinski definition) is 6. The highest BCUT2D eigenvalue weighted by molar-refractivity contribution is 5.92. The van der Waals surface area contributed by atoms with E-state index in [2.05, 4.69) is 4.74 Å². The number of ether oxygens (including phenoxy) is 2. The quantitative estimate of drug-likeness (QED) is 0.469. The molecule has 0 aliphatic rings. The van der Waals surface area contributed by atoms with Crippen molar-refractivity contribution >= 4 is 17.6 Å². The van der Waals surface area contributed by atoms with Crippen LogP contribution in [0.5, 0.6) is 5.75 Å². The van der Waals surface area contributed by atoms with Crippen molar-refractivity contribution in [1.29, 1.82) is 0 Å². The molecule has 1 N–H and O–H groups in total. The van der Waals surface area contributed by atoms with Gasteiger partial charge in [-0.25, -0.2) is 9.59 Å². The van der Waals surface area contributed by atoms with Crippen molar-refractivity contribution in [2.75, 3.05) is 13.2 Å². The van der Waals surface area contributed by atoms with Crippen LogP contribution < -0.4 is 4.74 Å². The number of nitrogens with zero attached hydrogens (tertiary/aromatic N) is 1. The molecule has 1 aromatic carbocycles. The molecule has 0 atom stereocenters. The third-order valence-electron chi connectivity index (χ3n) is 2.06. The Morgan fingerprint density at radius 3 is 2.63 bits per heavy atom. The van der Waals surface area contributed by atoms with Gasteiger partial charge in [0, 0.05) is 6.07 Å². The molecule has 102 valence electrons. The molecule has 0 saturated carbocycles. The van der Waals surface area contributed by atoms with Gasteiger partial charge in [-0.15, -0.1) is 0 Å². The second kappa shape index (κ2) is 6.34. The van der Waals surface area contributed by atoms with E-state index in [9.17, 15) is 19.7 Å². The topological polar surface area (TPSA) is 116 Å². The van der Waals surface area contributed by atoms with Crippen LogP contribution in [0.1, 0.15) is 17.3 Å². The summed E-state index contributed by atoms with van der Waals surface area (Å²) in [5, 5.41) is 19.7. The standard InChI is InChI=1S/C11H11NO7/c1-2-18-9(13)6-19-10-7(11(14)15)4-3-5-8(10)12(16)17/h3-5H,2,6H2,1H3,(H,14,15). The van der Waals surface area contributed by atoms with Crippen molar-refractivity contribution in [2.45, 2.75) is 6.92 Å². The van der Waals surface area contributed by atoms with Crippen LogP contribution in [-0.2, 0) is 9.53 Å². The molecule has 8 heteroatoms. The maximum Gasteiger partial charge on any atom is 0.344 e. The molecule has 1 aromatic rings. The summed E-state index contributed by atoms with van der Waals surface area (Å²) in [6.45, 7) is 1.12. The second-order valence-corrected chi connectivity index (χ2v) is 3.31. The average molecular weight is 269 g/mol. The summed E-state index contributed by atoms with van der Waals surface area (Å²) in [5.74, 6) is -2.59. The van der Waals surface area contributed by atoms with Crippen molar-refractivity contribution < 1.29 is 29.1 Å². The first kappa shape index (κ1) is 14.4. The molecule has 0 saturated heterocycles. The number of rotatable bonds is 6. The minimum Gasteiger partial charge on any atom is -0.478 e. The molecule has 0 heterocycles. The van der Waals surface area contributed by atoms with Gasteiger partial charge in [-0.1, -0.05) is 6.07 Å². The van der Waals surface area contributed by atoms with E-state index in [1.165, 1.54) is 6.07 Å². The van der Waals surface area contributed by atoms with Crippen LogP contribution in [0, 0.1) is 10.1 Å². The van der Waals surface area contributed by atoms with Gasteiger partial charge in [-0.2, -0.15) is 0 Å². The third kappa shape index (κ3) is 3.66. The van der Waals surface area contributed by atoms with Crippen LogP contribution in [0.15, 0.2) is 18.2 Å². The highest BCUT2D eigenvalue weighted by Gasteiger charge is 2.23. The second-order valence-electron chi connectivity index (χ2n) is 3.31. The summed E-state index contributed by atoms with van der Waals surface area (Å²) in [4.78, 5) is 32.1. The number of carboxylic acid groups (broad SMARTS) is 1. The van der Waals surface area contributed by atoms with Crippen molar-refractivity contribution in [1.82, 2.24) is 0 Å². The molecule has 0 amide bonds. The molecular weight excluding hydrogens is 258 g/mol. The first-order valence-corrected chi connectivity index (χ1v) is 5.26. The number of nitro groups is 1. The number of carboxylic acids is 1. The maximum absolute atomic E-state index is 11.1. The zero-order valence-electron chi connectivity index (χ0n) is 9.99. The van der Waals surface area contributed by atoms with Gasteiger partial charge in [0.15, 0.2) is 6.61 Å². The number of aromatic carboxylic acids is 1. The highest BCUT2D eigenvalue weighted by atomic mass is 16.6. The van der Waals surface area contributed by atoms with Gasteiger partial charge in [-0.3, -0.25) is 10.1 Å². The number of nitro benzene ring substituents is 1. The lowest BCUT2D eigenvalue weighted by molar-refractivity contribution is -0.385. The number of esters is 1. The van der Waals surface area contributed by atoms with Crippen LogP contribution in [-0.4, -0.2) is 35.2 Å². The Hall–Kier alpha value is -2.64. The van der Waals surface area contributed by atoms with E-state index in [1.807, 2.05) is 0 Å². The minimum atomic E-state index is -1.39. The van der Waals surface area contributed by atoms with E-state index in [0.717, 1.165) is 12.1 Å². The number of benzene rings is 1. The molecule has 0 unspecified atom stereocenters. The molecule has 0 radical (unpaired) electrons. The zero-order valence-corrected chi connectivity index (χ0v) is 9.99. The number of carbonyl (C=O) groups is 2. The Morgan fingerprint density at radius 2 is 2.11 bits per heavy atom. The lowest BCUT2D eigenvalue weighted by atomic mass is 10.2. The van der Waals surface area contributed by atoms with Crippen molar-refractivity contribution in [3.63, 3.8) is 0 Å². The summed E-state index contributed by atoms with van der Waals surface area (Å²) in [7, 11) is 0. The first-order valence-electron chi connectivity index (χ1n) is 5.26. The van der Waals surface area contributed by atoms with E-state index in [0.29, 0.717) is 0 Å². The fourth-order valence-corrected chi connectivity index (χ4v) is 1.32. The Balaban J connectivity index is 3.04. The van der Waals surface area contributed by atoms with E-state index in [1.54, 1.807) is 6.92 Å². The van der Waals surface area contributed by atoms with Crippen molar-refractivity contribution in [3.05, 3.63) is 33.9 Å². The molecule has 0 fully saturated rings. The van der Waals surface area contributed by atoms with E-state index < -0.39 is 40.5 Å². The van der Waals surface area contributed by atoms with Crippen LogP contribution in [0.3, 0.4) is 0 Å². The molecule has 1 rings (SSSR count). The molecule has 19 heavy (non-hydrogen) atoms. The van der Waals surface area contributed by atoms with Gasteiger partial charge in [0.2, 0.25) is 5.75 Å². The Kier molecular flexibility index (Phi) is 4.81. The molecule has 0 aliphatic heterocycles. The largest absolute Gasteiger partial charge is 0.478 e. The highest BCUT2D eigenvalue weighted by Crippen LogP contribution is 2.30. The summed E-state index contributed by atoms with van der Waals surface area (Å²) in [6.07, 6.45) is 0. The molecule has 0 aliphatic carbocycles. The van der Waals surface area contributed by atoms with Crippen LogP contribution in [0.25, 0.3) is 0 Å². The monoisotopic (exact) mass is 269 g/mol. The maximum atomic E-state index is 11.1. The average Bonchev–Trinajstić information content (AvgIpc) is 2.35. The van der Waals surface area contributed by atoms with E-state index in [-0.39, 0.29) is 6.61 Å². The summed E-state index contributed by atoms with van der Waals surface area (Å²) in [5.41, 5.74) is -0.914. The minimum absolute atomic E-state index is 0.130. The van der Waals surface area contributed by atoms with E-state index >= 15 is 0 Å². The molecule has 0 bridgehead atoms. The van der Waals surface area contributed by atoms with Crippen LogP contribution in [0.4, 0.5) is 5.69 Å². The van der Waals surface area contributed by atoms with Crippen LogP contribution in [0.2, 0.25) is 0 Å². The summed E-state index contributed by atoms with van der Waals surface area (Å²) >= 11 is 0. The Morgan fingerprint density at radius 1 is 1.42 bits per heavy atom. The van der Waals surface area contributed by atoms with Gasteiger partial charge in [-0.05, 0) is 13.0 Å². The smallest absolute Gasteiger partial charge is 0.344 e. The van der Waals surface area contributed by atoms with Gasteiger partial charge < -0.3 is 14.6 Å².